The lowest BCUT2D eigenvalue weighted by Crippen LogP contribution is -2.07. The van der Waals surface area contributed by atoms with Gasteiger partial charge in [-0.25, -0.2) is 4.79 Å². The first-order valence-electron chi connectivity index (χ1n) is 5.63. The van der Waals surface area contributed by atoms with Crippen LogP contribution in [0.25, 0.3) is 0 Å². The molecule has 0 amide bonds. The van der Waals surface area contributed by atoms with Crippen LogP contribution in [0, 0.1) is 10.1 Å². The first-order chi connectivity index (χ1) is 7.95. The Morgan fingerprint density at radius 2 is 1.88 bits per heavy atom. The molecule has 0 radical (unpaired) electrons. The summed E-state index contributed by atoms with van der Waals surface area (Å²) >= 11 is 0. The summed E-state index contributed by atoms with van der Waals surface area (Å²) in [7, 11) is 0. The highest BCUT2D eigenvalue weighted by atomic mass is 16.9. The van der Waals surface area contributed by atoms with Crippen LogP contribution in [0.15, 0.2) is 12.2 Å². The Bertz CT molecular complexity index is 236. The second-order valence-electron chi connectivity index (χ2n) is 3.39. The van der Waals surface area contributed by atoms with E-state index in [9.17, 15) is 4.79 Å². The van der Waals surface area contributed by atoms with Crippen LogP contribution in [0.1, 0.15) is 46.0 Å². The SMILES string of the molecule is C=C(CC)C(=O)OCCCCCC.O=[N+]([O-])O. The van der Waals surface area contributed by atoms with Gasteiger partial charge in [-0.3, -0.25) is 0 Å². The molecule has 1 N–H and O–H groups in total. The van der Waals surface area contributed by atoms with E-state index >= 15 is 0 Å². The Hall–Kier alpha value is -1.59. The van der Waals surface area contributed by atoms with E-state index < -0.39 is 5.09 Å². The number of nitrogens with zero attached hydrogens (tertiary/aromatic N) is 1. The quantitative estimate of drug-likeness (QED) is 0.245. The van der Waals surface area contributed by atoms with E-state index in [-0.39, 0.29) is 5.97 Å². The van der Waals surface area contributed by atoms with Gasteiger partial charge in [0.25, 0.3) is 5.09 Å². The van der Waals surface area contributed by atoms with Crippen LogP contribution < -0.4 is 0 Å². The van der Waals surface area contributed by atoms with Crippen LogP contribution >= 0.6 is 0 Å². The molecule has 6 heteroatoms. The van der Waals surface area contributed by atoms with Gasteiger partial charge >= 0.3 is 5.97 Å². The van der Waals surface area contributed by atoms with Crippen molar-refractivity contribution in [2.24, 2.45) is 0 Å². The van der Waals surface area contributed by atoms with E-state index in [1.54, 1.807) is 0 Å². The fourth-order valence-corrected chi connectivity index (χ4v) is 0.940. The predicted molar refractivity (Wildman–Crippen MR) is 63.3 cm³/mol. The molecule has 0 aromatic carbocycles. The molecule has 0 aromatic rings. The summed E-state index contributed by atoms with van der Waals surface area (Å²) in [6.45, 7) is 8.21. The molecule has 0 bridgehead atoms. The Balaban J connectivity index is 0. The minimum absolute atomic E-state index is 0.237. The third-order valence-electron chi connectivity index (χ3n) is 1.95. The number of ether oxygens (including phenoxy) is 1. The molecule has 17 heavy (non-hydrogen) atoms. The van der Waals surface area contributed by atoms with Crippen molar-refractivity contribution in [1.82, 2.24) is 0 Å². The second-order valence-corrected chi connectivity index (χ2v) is 3.39. The highest BCUT2D eigenvalue weighted by Gasteiger charge is 2.04. The van der Waals surface area contributed by atoms with E-state index in [0.717, 1.165) is 12.8 Å². The molecule has 0 spiro atoms. The van der Waals surface area contributed by atoms with E-state index in [2.05, 4.69) is 13.5 Å². The number of carbonyl (C=O) groups is 1. The Morgan fingerprint density at radius 3 is 2.29 bits per heavy atom. The van der Waals surface area contributed by atoms with E-state index in [0.29, 0.717) is 18.6 Å². The maximum atomic E-state index is 11.1. The molecule has 6 nitrogen and oxygen atoms in total. The van der Waals surface area contributed by atoms with Crippen LogP contribution in [0.5, 0.6) is 0 Å². The van der Waals surface area contributed by atoms with E-state index in [1.165, 1.54) is 12.8 Å². The predicted octanol–water partition coefficient (Wildman–Crippen LogP) is 2.73. The molecule has 0 aliphatic heterocycles. The Kier molecular flexibility index (Phi) is 13.1. The molecular formula is C11H21NO5. The lowest BCUT2D eigenvalue weighted by Gasteiger charge is -2.04. The summed E-state index contributed by atoms with van der Waals surface area (Å²) < 4.78 is 5.00. The van der Waals surface area contributed by atoms with E-state index in [1.807, 2.05) is 6.92 Å². The number of unbranched alkanes of at least 4 members (excludes halogenated alkanes) is 3. The minimum Gasteiger partial charge on any atom is -0.462 e. The van der Waals surface area contributed by atoms with Gasteiger partial charge in [0.15, 0.2) is 0 Å². The van der Waals surface area contributed by atoms with Crippen LogP contribution in [-0.4, -0.2) is 22.9 Å². The zero-order valence-electron chi connectivity index (χ0n) is 10.5. The smallest absolute Gasteiger partial charge is 0.333 e. The van der Waals surface area contributed by atoms with Gasteiger partial charge in [-0.15, -0.1) is 10.1 Å². The van der Waals surface area contributed by atoms with Gasteiger partial charge in [0.05, 0.1) is 6.61 Å². The third kappa shape index (κ3) is 17.0. The average Bonchev–Trinajstić information content (AvgIpc) is 2.26. The average molecular weight is 247 g/mol. The van der Waals surface area contributed by atoms with Crippen molar-refractivity contribution in [3.63, 3.8) is 0 Å². The second kappa shape index (κ2) is 12.5. The summed E-state index contributed by atoms with van der Waals surface area (Å²) in [5, 5.41) is 13.6. The summed E-state index contributed by atoms with van der Waals surface area (Å²) in [4.78, 5) is 19.4. The molecular weight excluding hydrogens is 226 g/mol. The molecule has 100 valence electrons. The summed E-state index contributed by atoms with van der Waals surface area (Å²) in [5.41, 5.74) is 0.565. The van der Waals surface area contributed by atoms with Gasteiger partial charge in [0.1, 0.15) is 0 Å². The molecule has 0 saturated heterocycles. The summed E-state index contributed by atoms with van der Waals surface area (Å²) in [5.74, 6) is -0.237. The molecule has 0 fully saturated rings. The maximum absolute atomic E-state index is 11.1. The largest absolute Gasteiger partial charge is 0.462 e. The Morgan fingerprint density at radius 1 is 1.35 bits per heavy atom. The zero-order valence-corrected chi connectivity index (χ0v) is 10.5. The van der Waals surface area contributed by atoms with Crippen molar-refractivity contribution >= 4 is 5.97 Å². The zero-order chi connectivity index (χ0) is 13.7. The van der Waals surface area contributed by atoms with E-state index in [4.69, 9.17) is 20.1 Å². The van der Waals surface area contributed by atoms with Crippen LogP contribution in [0.3, 0.4) is 0 Å². The van der Waals surface area contributed by atoms with Gasteiger partial charge in [-0.2, -0.15) is 0 Å². The van der Waals surface area contributed by atoms with Crippen molar-refractivity contribution < 1.29 is 19.8 Å². The van der Waals surface area contributed by atoms with Crippen LogP contribution in [-0.2, 0) is 9.53 Å². The maximum Gasteiger partial charge on any atom is 0.333 e. The monoisotopic (exact) mass is 247 g/mol. The number of carbonyl (C=O) groups excluding carboxylic acids is 1. The first-order valence-corrected chi connectivity index (χ1v) is 5.63. The normalized spacial score (nSPS) is 8.82. The van der Waals surface area contributed by atoms with Gasteiger partial charge < -0.3 is 9.94 Å². The fraction of sp³-hybridized carbons (Fsp3) is 0.727. The lowest BCUT2D eigenvalue weighted by atomic mass is 10.2. The summed E-state index contributed by atoms with van der Waals surface area (Å²) in [6, 6.07) is 0. The molecule has 0 aromatic heterocycles. The highest BCUT2D eigenvalue weighted by molar-refractivity contribution is 5.87. The number of hydrogen-bond donors (Lipinski definition) is 1. The topological polar surface area (TPSA) is 89.7 Å². The third-order valence-corrected chi connectivity index (χ3v) is 1.95. The van der Waals surface area contributed by atoms with Gasteiger partial charge in [-0.1, -0.05) is 39.7 Å². The minimum atomic E-state index is -1.50. The number of hydrogen-bond acceptors (Lipinski definition) is 4. The van der Waals surface area contributed by atoms with Gasteiger partial charge in [0.2, 0.25) is 0 Å². The van der Waals surface area contributed by atoms with Crippen LogP contribution in [0.2, 0.25) is 0 Å². The fourth-order valence-electron chi connectivity index (χ4n) is 0.940. The lowest BCUT2D eigenvalue weighted by molar-refractivity contribution is -0.742. The van der Waals surface area contributed by atoms with Crippen molar-refractivity contribution in [3.05, 3.63) is 22.3 Å². The van der Waals surface area contributed by atoms with Gasteiger partial charge in [-0.05, 0) is 12.8 Å². The molecule has 0 aliphatic carbocycles. The number of rotatable bonds is 7. The van der Waals surface area contributed by atoms with Crippen molar-refractivity contribution in [1.29, 1.82) is 0 Å². The molecule has 0 heterocycles. The molecule has 0 aliphatic rings. The highest BCUT2D eigenvalue weighted by Crippen LogP contribution is 2.03. The Labute approximate surface area is 101 Å². The molecule has 0 unspecified atom stereocenters. The standard InChI is InChI=1S/C11H20O2.HNO3/c1-4-6-7-8-9-13-11(12)10(3)5-2;2-1(3)4/h3-9H2,1-2H3;(H,2,3,4). The molecule has 0 rings (SSSR count). The van der Waals surface area contributed by atoms with Crippen molar-refractivity contribution in [2.45, 2.75) is 46.0 Å². The molecule has 0 atom stereocenters. The van der Waals surface area contributed by atoms with Crippen LogP contribution in [0.4, 0.5) is 0 Å². The van der Waals surface area contributed by atoms with Crippen molar-refractivity contribution in [3.8, 4) is 0 Å². The number of esters is 1. The first kappa shape index (κ1) is 17.8. The molecule has 0 saturated carbocycles. The van der Waals surface area contributed by atoms with Crippen molar-refractivity contribution in [2.75, 3.05) is 6.61 Å². The van der Waals surface area contributed by atoms with Gasteiger partial charge in [0, 0.05) is 5.57 Å². The summed E-state index contributed by atoms with van der Waals surface area (Å²) in [6.07, 6.45) is 5.20.